The molecule has 0 amide bonds. The van der Waals surface area contributed by atoms with Crippen LogP contribution in [0.3, 0.4) is 0 Å². The Morgan fingerprint density at radius 2 is 2.07 bits per heavy atom. The fraction of sp³-hybridized carbons (Fsp3) is 0.400. The van der Waals surface area contributed by atoms with Gasteiger partial charge in [0.2, 0.25) is 0 Å². The van der Waals surface area contributed by atoms with Crippen molar-refractivity contribution in [2.75, 3.05) is 7.11 Å². The molecule has 0 radical (unpaired) electrons. The van der Waals surface area contributed by atoms with Gasteiger partial charge in [0.1, 0.15) is 0 Å². The Bertz CT molecular complexity index is 367. The van der Waals surface area contributed by atoms with E-state index in [9.17, 15) is 13.9 Å². The van der Waals surface area contributed by atoms with Gasteiger partial charge in [-0.2, -0.15) is 0 Å². The lowest BCUT2D eigenvalue weighted by Gasteiger charge is -2.11. The summed E-state index contributed by atoms with van der Waals surface area (Å²) in [6, 6.07) is 1.21. The highest BCUT2D eigenvalue weighted by Crippen LogP contribution is 2.28. The molecule has 1 N–H and O–H groups in total. The van der Waals surface area contributed by atoms with Crippen LogP contribution in [0, 0.1) is 11.6 Å². The summed E-state index contributed by atoms with van der Waals surface area (Å²) in [4.78, 5) is 0. The predicted molar refractivity (Wildman–Crippen MR) is 52.7 cm³/mol. The van der Waals surface area contributed by atoms with Crippen molar-refractivity contribution >= 4 is 11.6 Å². The summed E-state index contributed by atoms with van der Waals surface area (Å²) in [7, 11) is 1.36. The molecule has 1 aromatic rings. The molecule has 0 saturated heterocycles. The highest BCUT2D eigenvalue weighted by molar-refractivity contribution is 6.31. The molecule has 0 fully saturated rings. The van der Waals surface area contributed by atoms with Gasteiger partial charge in [0.05, 0.1) is 12.7 Å². The minimum absolute atomic E-state index is 0.0407. The van der Waals surface area contributed by atoms with E-state index >= 15 is 0 Å². The molecule has 0 aromatic heterocycles. The summed E-state index contributed by atoms with van der Waals surface area (Å²) in [6.45, 7) is 1.23. The van der Waals surface area contributed by atoms with E-state index in [-0.39, 0.29) is 22.8 Å². The Morgan fingerprint density at radius 3 is 2.53 bits per heavy atom. The summed E-state index contributed by atoms with van der Waals surface area (Å²) < 4.78 is 31.5. The molecule has 0 heterocycles. The monoisotopic (exact) mass is 236 g/mol. The number of hydrogen-bond donors (Lipinski definition) is 1. The van der Waals surface area contributed by atoms with Crippen LogP contribution in [0.5, 0.6) is 0 Å². The van der Waals surface area contributed by atoms with Crippen molar-refractivity contribution in [3.8, 4) is 0 Å². The van der Waals surface area contributed by atoms with Gasteiger partial charge in [-0.3, -0.25) is 0 Å². The molecular formula is C10H11ClF2O2. The van der Waals surface area contributed by atoms with Gasteiger partial charge < -0.3 is 9.84 Å². The minimum Gasteiger partial charge on any atom is -0.389 e. The third-order valence-electron chi connectivity index (χ3n) is 2.02. The van der Waals surface area contributed by atoms with Gasteiger partial charge in [-0.25, -0.2) is 8.78 Å². The van der Waals surface area contributed by atoms with E-state index in [0.29, 0.717) is 0 Å². The summed E-state index contributed by atoms with van der Waals surface area (Å²) in [6.07, 6.45) is -1.10. The zero-order valence-corrected chi connectivity index (χ0v) is 9.11. The topological polar surface area (TPSA) is 29.5 Å². The van der Waals surface area contributed by atoms with Crippen LogP contribution in [0.1, 0.15) is 24.2 Å². The molecule has 84 valence electrons. The summed E-state index contributed by atoms with van der Waals surface area (Å²) in [5.41, 5.74) is -0.196. The Kier molecular flexibility index (Phi) is 4.02. The van der Waals surface area contributed by atoms with Gasteiger partial charge in [-0.1, -0.05) is 11.6 Å². The molecule has 15 heavy (non-hydrogen) atoms. The highest BCUT2D eigenvalue weighted by Gasteiger charge is 2.19. The van der Waals surface area contributed by atoms with Gasteiger partial charge in [0, 0.05) is 23.3 Å². The van der Waals surface area contributed by atoms with Crippen molar-refractivity contribution in [3.05, 3.63) is 33.9 Å². The maximum Gasteiger partial charge on any atom is 0.166 e. The summed E-state index contributed by atoms with van der Waals surface area (Å²) >= 11 is 5.73. The second-order valence-corrected chi connectivity index (χ2v) is 3.57. The maximum atomic E-state index is 13.4. The highest BCUT2D eigenvalue weighted by atomic mass is 35.5. The van der Waals surface area contributed by atoms with Crippen molar-refractivity contribution in [1.82, 2.24) is 0 Å². The summed E-state index contributed by atoms with van der Waals surface area (Å²) in [5, 5.41) is 9.23. The SMILES string of the molecule is COCc1c(Cl)cc(C(C)O)c(F)c1F. The largest absolute Gasteiger partial charge is 0.389 e. The quantitative estimate of drug-likeness (QED) is 0.818. The van der Waals surface area contributed by atoms with E-state index < -0.39 is 17.7 Å². The van der Waals surface area contributed by atoms with E-state index in [1.165, 1.54) is 20.1 Å². The second kappa shape index (κ2) is 4.88. The third kappa shape index (κ3) is 2.45. The van der Waals surface area contributed by atoms with E-state index in [4.69, 9.17) is 16.3 Å². The van der Waals surface area contributed by atoms with Gasteiger partial charge in [0.25, 0.3) is 0 Å². The van der Waals surface area contributed by atoms with Crippen LogP contribution in [0.4, 0.5) is 8.78 Å². The van der Waals surface area contributed by atoms with E-state index in [2.05, 4.69) is 0 Å². The zero-order valence-electron chi connectivity index (χ0n) is 8.35. The number of aliphatic hydroxyl groups is 1. The standard InChI is InChI=1S/C10H11ClF2O2/c1-5(14)6-3-8(11)7(4-15-2)10(13)9(6)12/h3,5,14H,4H2,1-2H3. The zero-order chi connectivity index (χ0) is 11.6. The number of ether oxygens (including phenoxy) is 1. The Balaban J connectivity index is 3.31. The lowest BCUT2D eigenvalue weighted by atomic mass is 10.1. The van der Waals surface area contributed by atoms with Crippen LogP contribution in [0.15, 0.2) is 6.07 Å². The van der Waals surface area contributed by atoms with Crippen LogP contribution in [-0.2, 0) is 11.3 Å². The Morgan fingerprint density at radius 1 is 1.47 bits per heavy atom. The van der Waals surface area contributed by atoms with Crippen molar-refractivity contribution in [2.24, 2.45) is 0 Å². The molecule has 0 spiro atoms. The molecule has 1 atom stereocenters. The van der Waals surface area contributed by atoms with Crippen LogP contribution in [0.2, 0.25) is 5.02 Å². The number of aliphatic hydroxyl groups excluding tert-OH is 1. The Hall–Kier alpha value is -0.710. The molecule has 1 aromatic carbocycles. The van der Waals surface area contributed by atoms with Crippen LogP contribution >= 0.6 is 11.6 Å². The Labute approximate surface area is 91.4 Å². The van der Waals surface area contributed by atoms with Crippen molar-refractivity contribution in [1.29, 1.82) is 0 Å². The molecule has 0 aliphatic heterocycles. The first-order valence-electron chi connectivity index (χ1n) is 4.32. The van der Waals surface area contributed by atoms with Crippen molar-refractivity contribution < 1.29 is 18.6 Å². The molecule has 0 aliphatic rings. The van der Waals surface area contributed by atoms with Gasteiger partial charge in [-0.15, -0.1) is 0 Å². The van der Waals surface area contributed by atoms with Gasteiger partial charge >= 0.3 is 0 Å². The molecule has 1 unspecified atom stereocenters. The summed E-state index contributed by atoms with van der Waals surface area (Å²) in [5.74, 6) is -2.15. The first-order valence-corrected chi connectivity index (χ1v) is 4.70. The van der Waals surface area contributed by atoms with Gasteiger partial charge in [0.15, 0.2) is 11.6 Å². The third-order valence-corrected chi connectivity index (χ3v) is 2.36. The number of methoxy groups -OCH3 is 1. The maximum absolute atomic E-state index is 13.4. The number of rotatable bonds is 3. The van der Waals surface area contributed by atoms with Crippen LogP contribution < -0.4 is 0 Å². The van der Waals surface area contributed by atoms with Crippen LogP contribution in [0.25, 0.3) is 0 Å². The molecular weight excluding hydrogens is 226 g/mol. The van der Waals surface area contributed by atoms with Crippen molar-refractivity contribution in [3.63, 3.8) is 0 Å². The normalized spacial score (nSPS) is 12.9. The number of hydrogen-bond acceptors (Lipinski definition) is 2. The van der Waals surface area contributed by atoms with Gasteiger partial charge in [-0.05, 0) is 13.0 Å². The molecule has 0 saturated carbocycles. The van der Waals surface area contributed by atoms with E-state index in [1.54, 1.807) is 0 Å². The van der Waals surface area contributed by atoms with Crippen molar-refractivity contribution in [2.45, 2.75) is 19.6 Å². The fourth-order valence-corrected chi connectivity index (χ4v) is 1.49. The second-order valence-electron chi connectivity index (χ2n) is 3.16. The lowest BCUT2D eigenvalue weighted by molar-refractivity contribution is 0.177. The molecule has 0 bridgehead atoms. The smallest absolute Gasteiger partial charge is 0.166 e. The average molecular weight is 237 g/mol. The predicted octanol–water partition coefficient (Wildman–Crippen LogP) is 2.82. The molecule has 5 heteroatoms. The number of benzene rings is 1. The average Bonchev–Trinajstić information content (AvgIpc) is 2.18. The first-order chi connectivity index (χ1) is 6.99. The minimum atomic E-state index is -1.10. The molecule has 1 rings (SSSR count). The molecule has 0 aliphatic carbocycles. The van der Waals surface area contributed by atoms with E-state index in [0.717, 1.165) is 0 Å². The first kappa shape index (κ1) is 12.4. The fourth-order valence-electron chi connectivity index (χ4n) is 1.23. The lowest BCUT2D eigenvalue weighted by Crippen LogP contribution is -2.04. The van der Waals surface area contributed by atoms with E-state index in [1.807, 2.05) is 0 Å². The van der Waals surface area contributed by atoms with Crippen LogP contribution in [-0.4, -0.2) is 12.2 Å². The number of halogens is 3. The molecule has 2 nitrogen and oxygen atoms in total.